The molecule has 0 amide bonds. The van der Waals surface area contributed by atoms with Gasteiger partial charge in [0.15, 0.2) is 0 Å². The number of nitro groups is 1. The van der Waals surface area contributed by atoms with E-state index in [1.807, 2.05) is 0 Å². The molecule has 112 valence electrons. The predicted molar refractivity (Wildman–Crippen MR) is 87.4 cm³/mol. The average Bonchev–Trinajstić information content (AvgIpc) is 2.30. The number of anilines is 1. The van der Waals surface area contributed by atoms with Crippen LogP contribution in [0.5, 0.6) is 0 Å². The van der Waals surface area contributed by atoms with Crippen LogP contribution in [0.1, 0.15) is 5.56 Å². The van der Waals surface area contributed by atoms with Crippen molar-refractivity contribution in [2.45, 2.75) is 31.4 Å². The summed E-state index contributed by atoms with van der Waals surface area (Å²) in [5.41, 5.74) is 6.00. The molecule has 0 spiro atoms. The molecule has 0 saturated heterocycles. The van der Waals surface area contributed by atoms with Crippen molar-refractivity contribution in [3.05, 3.63) is 32.8 Å². The van der Waals surface area contributed by atoms with Crippen molar-refractivity contribution in [1.29, 1.82) is 0 Å². The minimum absolute atomic E-state index is 0.0175. The van der Waals surface area contributed by atoms with Gasteiger partial charge >= 0.3 is 0 Å². The molecule has 0 aliphatic heterocycles. The monoisotopic (exact) mass is 334 g/mol. The van der Waals surface area contributed by atoms with Crippen molar-refractivity contribution in [1.82, 2.24) is 0 Å². The molecule has 0 aromatic heterocycles. The number of hydrogen-bond acceptors (Lipinski definition) is 4. The van der Waals surface area contributed by atoms with E-state index in [-0.39, 0.29) is 17.1 Å². The molecule has 1 aromatic carbocycles. The normalized spacial score (nSPS) is 13.2. The first-order valence-corrected chi connectivity index (χ1v) is 11.8. The van der Waals surface area contributed by atoms with Gasteiger partial charge in [0.25, 0.3) is 5.69 Å². The van der Waals surface area contributed by atoms with Gasteiger partial charge in [-0.25, -0.2) is 0 Å². The van der Waals surface area contributed by atoms with Crippen LogP contribution in [0.3, 0.4) is 0 Å². The predicted octanol–water partition coefficient (Wildman–Crippen LogP) is 3.42. The first kappa shape index (κ1) is 17.1. The molecule has 0 heterocycles. The highest BCUT2D eigenvalue weighted by atomic mass is 35.5. The fourth-order valence-corrected chi connectivity index (χ4v) is 6.03. The lowest BCUT2D eigenvalue weighted by atomic mass is 10.2. The quantitative estimate of drug-likeness (QED) is 0.374. The zero-order valence-electron chi connectivity index (χ0n) is 11.8. The topological polar surface area (TPSA) is 86.2 Å². The highest BCUT2D eigenvalue weighted by Crippen LogP contribution is 2.32. The Morgan fingerprint density at radius 1 is 1.40 bits per heavy atom. The van der Waals surface area contributed by atoms with E-state index in [9.17, 15) is 14.3 Å². The number of halogens is 1. The van der Waals surface area contributed by atoms with E-state index >= 15 is 0 Å². The van der Waals surface area contributed by atoms with Crippen molar-refractivity contribution >= 4 is 41.8 Å². The number of nitrogens with zero attached hydrogens (tertiary/aromatic N) is 1. The van der Waals surface area contributed by atoms with Crippen molar-refractivity contribution < 1.29 is 9.13 Å². The molecule has 2 N–H and O–H groups in total. The second-order valence-corrected chi connectivity index (χ2v) is 13.4. The van der Waals surface area contributed by atoms with Gasteiger partial charge in [0.2, 0.25) is 0 Å². The number of benzene rings is 1. The summed E-state index contributed by atoms with van der Waals surface area (Å²) in [6, 6.07) is 3.64. The SMILES string of the molecule is C[Si](C)(C)CCS(=O)Cc1c(Cl)ccc([N+](=O)[O-])c1N. The maximum absolute atomic E-state index is 12.1. The Kier molecular flexibility index (Phi) is 5.73. The fourth-order valence-electron chi connectivity index (χ4n) is 1.58. The lowest BCUT2D eigenvalue weighted by Gasteiger charge is -2.15. The smallest absolute Gasteiger partial charge is 0.292 e. The summed E-state index contributed by atoms with van der Waals surface area (Å²) in [7, 11) is -2.37. The van der Waals surface area contributed by atoms with Crippen LogP contribution in [-0.4, -0.2) is 23.0 Å². The van der Waals surface area contributed by atoms with Gasteiger partial charge in [-0.15, -0.1) is 0 Å². The standard InChI is InChI=1S/C12H19ClN2O3SSi/c1-20(2,3)7-6-19(18)8-9-10(13)4-5-11(12(9)14)15(16)17/h4-5H,6-8,14H2,1-3H3. The van der Waals surface area contributed by atoms with Gasteiger partial charge < -0.3 is 5.73 Å². The largest absolute Gasteiger partial charge is 0.393 e. The maximum Gasteiger partial charge on any atom is 0.292 e. The average molecular weight is 335 g/mol. The highest BCUT2D eigenvalue weighted by Gasteiger charge is 2.20. The van der Waals surface area contributed by atoms with Gasteiger partial charge in [-0.1, -0.05) is 31.2 Å². The third kappa shape index (κ3) is 4.88. The van der Waals surface area contributed by atoms with E-state index in [0.717, 1.165) is 6.04 Å². The second kappa shape index (κ2) is 6.69. The fraction of sp³-hybridized carbons (Fsp3) is 0.500. The number of nitro benzene ring substituents is 1. The summed E-state index contributed by atoms with van der Waals surface area (Å²) in [6.45, 7) is 6.62. The first-order valence-electron chi connectivity index (χ1n) is 6.18. The number of hydrogen-bond donors (Lipinski definition) is 1. The van der Waals surface area contributed by atoms with Crippen LogP contribution in [0, 0.1) is 10.1 Å². The molecule has 1 rings (SSSR count). The van der Waals surface area contributed by atoms with Gasteiger partial charge in [-0.2, -0.15) is 0 Å². The number of rotatable bonds is 6. The van der Waals surface area contributed by atoms with Crippen LogP contribution in [0.2, 0.25) is 30.7 Å². The lowest BCUT2D eigenvalue weighted by Crippen LogP contribution is -2.22. The molecule has 1 unspecified atom stereocenters. The molecule has 1 atom stereocenters. The molecule has 0 aliphatic rings. The Balaban J connectivity index is 2.89. The highest BCUT2D eigenvalue weighted by molar-refractivity contribution is 7.84. The van der Waals surface area contributed by atoms with Crippen molar-refractivity contribution in [3.8, 4) is 0 Å². The maximum atomic E-state index is 12.1. The van der Waals surface area contributed by atoms with E-state index in [0.29, 0.717) is 16.3 Å². The van der Waals surface area contributed by atoms with Crippen LogP contribution >= 0.6 is 11.6 Å². The molecule has 5 nitrogen and oxygen atoms in total. The summed E-state index contributed by atoms with van der Waals surface area (Å²) in [5.74, 6) is 0.741. The third-order valence-corrected chi connectivity index (χ3v) is 6.60. The molecule has 1 aromatic rings. The van der Waals surface area contributed by atoms with Gasteiger partial charge in [-0.05, 0) is 12.1 Å². The van der Waals surface area contributed by atoms with Crippen molar-refractivity contribution in [2.75, 3.05) is 11.5 Å². The zero-order valence-corrected chi connectivity index (χ0v) is 14.4. The van der Waals surface area contributed by atoms with Gasteiger partial charge in [0.1, 0.15) is 5.69 Å². The second-order valence-electron chi connectivity index (χ2n) is 5.81. The summed E-state index contributed by atoms with van der Waals surface area (Å²) < 4.78 is 12.1. The van der Waals surface area contributed by atoms with Crippen molar-refractivity contribution in [3.63, 3.8) is 0 Å². The van der Waals surface area contributed by atoms with E-state index in [1.165, 1.54) is 12.1 Å². The van der Waals surface area contributed by atoms with Crippen LogP contribution < -0.4 is 5.73 Å². The first-order chi connectivity index (χ1) is 9.11. The molecular formula is C12H19ClN2O3SSi. The summed E-state index contributed by atoms with van der Waals surface area (Å²) in [4.78, 5) is 10.3. The van der Waals surface area contributed by atoms with Gasteiger partial charge in [0, 0.05) is 41.3 Å². The molecule has 0 radical (unpaired) electrons. The number of nitrogens with two attached hydrogens (primary N) is 1. The summed E-state index contributed by atoms with van der Waals surface area (Å²) in [5, 5.41) is 11.2. The zero-order chi connectivity index (χ0) is 15.5. The summed E-state index contributed by atoms with van der Waals surface area (Å²) >= 11 is 6.01. The number of nitrogen functional groups attached to an aromatic ring is 1. The minimum Gasteiger partial charge on any atom is -0.393 e. The van der Waals surface area contributed by atoms with E-state index < -0.39 is 23.8 Å². The van der Waals surface area contributed by atoms with Crippen LogP contribution in [0.15, 0.2) is 12.1 Å². The Morgan fingerprint density at radius 2 is 2.00 bits per heavy atom. The molecule has 8 heteroatoms. The van der Waals surface area contributed by atoms with Gasteiger partial charge in [-0.3, -0.25) is 14.3 Å². The van der Waals surface area contributed by atoms with Gasteiger partial charge in [0.05, 0.1) is 10.7 Å². The lowest BCUT2D eigenvalue weighted by molar-refractivity contribution is -0.383. The Hall–Kier alpha value is -0.923. The molecular weight excluding hydrogens is 316 g/mol. The molecule has 0 saturated carbocycles. The van der Waals surface area contributed by atoms with Crippen molar-refractivity contribution in [2.24, 2.45) is 0 Å². The third-order valence-electron chi connectivity index (χ3n) is 2.86. The Morgan fingerprint density at radius 3 is 2.50 bits per heavy atom. The molecule has 0 aliphatic carbocycles. The molecule has 20 heavy (non-hydrogen) atoms. The van der Waals surface area contributed by atoms with E-state index in [1.54, 1.807) is 0 Å². The van der Waals surface area contributed by atoms with Crippen LogP contribution in [0.25, 0.3) is 0 Å². The van der Waals surface area contributed by atoms with Crippen LogP contribution in [0.4, 0.5) is 11.4 Å². The minimum atomic E-state index is -1.26. The summed E-state index contributed by atoms with van der Waals surface area (Å²) in [6.07, 6.45) is 0. The molecule has 0 bridgehead atoms. The van der Waals surface area contributed by atoms with Crippen LogP contribution in [-0.2, 0) is 16.6 Å². The Bertz CT molecular complexity index is 546. The van der Waals surface area contributed by atoms with E-state index in [4.69, 9.17) is 17.3 Å². The molecule has 0 fully saturated rings. The Labute approximate surface area is 127 Å². The van der Waals surface area contributed by atoms with E-state index in [2.05, 4.69) is 19.6 Å².